The number of hydrogen-bond donors (Lipinski definition) is 1. The maximum atomic E-state index is 14.2. The van der Waals surface area contributed by atoms with Gasteiger partial charge in [0.1, 0.15) is 12.1 Å². The molecule has 0 spiro atoms. The van der Waals surface area contributed by atoms with Gasteiger partial charge in [-0.05, 0) is 29.7 Å². The molecule has 12 heteroatoms. The molecule has 1 aromatic heterocycles. The lowest BCUT2D eigenvalue weighted by Crippen LogP contribution is -2.63. The lowest BCUT2D eigenvalue weighted by molar-refractivity contribution is -0.387. The van der Waals surface area contributed by atoms with E-state index < -0.39 is 49.5 Å². The predicted molar refractivity (Wildman–Crippen MR) is 150 cm³/mol. The first kappa shape index (κ1) is 28.0. The first-order valence-corrected chi connectivity index (χ1v) is 14.4. The fraction of sp³-hybridized carbons (Fsp3) is 0.241. The van der Waals surface area contributed by atoms with Crippen LogP contribution in [-0.2, 0) is 37.2 Å². The van der Waals surface area contributed by atoms with Gasteiger partial charge in [-0.2, -0.15) is 4.31 Å². The Morgan fingerprint density at radius 2 is 1.73 bits per heavy atom. The topological polar surface area (TPSA) is 143 Å². The van der Waals surface area contributed by atoms with Crippen LogP contribution >= 0.6 is 0 Å². The molecule has 0 radical (unpaired) electrons. The monoisotopic (exact) mass is 576 g/mol. The molecule has 0 bridgehead atoms. The second-order valence-electron chi connectivity index (χ2n) is 9.68. The molecular formula is C29H28N4O7S. The number of nitrogens with zero attached hydrogens (tertiary/aromatic N) is 3. The molecular weight excluding hydrogens is 548 g/mol. The number of fused-ring (bicyclic) bond motifs is 1. The number of ether oxygens (including phenoxy) is 1. The smallest absolute Gasteiger partial charge is 0.328 e. The van der Waals surface area contributed by atoms with Gasteiger partial charge >= 0.3 is 5.97 Å². The minimum absolute atomic E-state index is 0.0109. The van der Waals surface area contributed by atoms with E-state index in [-0.39, 0.29) is 25.9 Å². The van der Waals surface area contributed by atoms with Gasteiger partial charge in [-0.1, -0.05) is 60.7 Å². The fourth-order valence-electron chi connectivity index (χ4n) is 5.33. The van der Waals surface area contributed by atoms with Gasteiger partial charge < -0.3 is 14.6 Å². The molecule has 41 heavy (non-hydrogen) atoms. The number of nitrogens with one attached hydrogen (secondary N) is 1. The van der Waals surface area contributed by atoms with Crippen molar-refractivity contribution in [2.75, 3.05) is 20.2 Å². The number of methoxy groups -OCH3 is 1. The third kappa shape index (κ3) is 5.43. The zero-order chi connectivity index (χ0) is 29.1. The third-order valence-electron chi connectivity index (χ3n) is 7.34. The fourth-order valence-corrected chi connectivity index (χ4v) is 7.06. The Morgan fingerprint density at radius 3 is 2.46 bits per heavy atom. The number of aromatic amines is 1. The highest BCUT2D eigenvalue weighted by Crippen LogP contribution is 2.31. The van der Waals surface area contributed by atoms with Crippen molar-refractivity contribution >= 4 is 38.5 Å². The Balaban J connectivity index is 1.54. The molecule has 2 atom stereocenters. The van der Waals surface area contributed by atoms with Crippen molar-refractivity contribution < 1.29 is 27.7 Å². The number of rotatable bonds is 9. The number of sulfonamides is 1. The highest BCUT2D eigenvalue weighted by Gasteiger charge is 2.46. The number of piperazine rings is 1. The van der Waals surface area contributed by atoms with E-state index in [4.69, 9.17) is 4.74 Å². The quantitative estimate of drug-likeness (QED) is 0.183. The van der Waals surface area contributed by atoms with Crippen molar-refractivity contribution in [1.82, 2.24) is 14.2 Å². The van der Waals surface area contributed by atoms with Crippen LogP contribution in [0.25, 0.3) is 10.9 Å². The standard InChI is InChI=1S/C29H28N4O7S/c1-40-29(35)26(18-21-19-30-23-12-6-5-11-22(21)23)31-15-16-32(25(28(31)34)17-20-9-3-2-4-10-20)41(38,39)27-14-8-7-13-24(27)33(36)37/h2-14,19,25-26,30H,15-18H2,1H3/t25-,26-/m0/s1. The Kier molecular flexibility index (Phi) is 7.86. The number of carbonyl (C=O) groups is 2. The minimum Gasteiger partial charge on any atom is -0.467 e. The van der Waals surface area contributed by atoms with Crippen LogP contribution in [0.1, 0.15) is 11.1 Å². The molecule has 0 saturated carbocycles. The predicted octanol–water partition coefficient (Wildman–Crippen LogP) is 3.30. The summed E-state index contributed by atoms with van der Waals surface area (Å²) in [6.07, 6.45) is 1.94. The number of para-hydroxylation sites is 2. The van der Waals surface area contributed by atoms with Crippen LogP contribution in [0.15, 0.2) is 90.0 Å². The summed E-state index contributed by atoms with van der Waals surface area (Å²) in [6.45, 7) is -0.273. The molecule has 0 aliphatic carbocycles. The largest absolute Gasteiger partial charge is 0.467 e. The average molecular weight is 577 g/mol. The number of H-pyrrole nitrogens is 1. The van der Waals surface area contributed by atoms with Gasteiger partial charge in [0.05, 0.1) is 12.0 Å². The van der Waals surface area contributed by atoms with Crippen LogP contribution in [0.3, 0.4) is 0 Å². The summed E-state index contributed by atoms with van der Waals surface area (Å²) in [4.78, 5) is 42.2. The van der Waals surface area contributed by atoms with E-state index >= 15 is 0 Å². The maximum Gasteiger partial charge on any atom is 0.328 e. The molecule has 1 amide bonds. The number of esters is 1. The first-order valence-electron chi connectivity index (χ1n) is 12.9. The Bertz CT molecular complexity index is 1700. The average Bonchev–Trinajstić information content (AvgIpc) is 3.40. The number of amides is 1. The molecule has 1 aliphatic heterocycles. The van der Waals surface area contributed by atoms with Gasteiger partial charge in [-0.15, -0.1) is 0 Å². The van der Waals surface area contributed by atoms with Crippen LogP contribution in [-0.4, -0.2) is 71.7 Å². The number of benzene rings is 3. The molecule has 11 nitrogen and oxygen atoms in total. The second kappa shape index (κ2) is 11.5. The molecule has 1 saturated heterocycles. The van der Waals surface area contributed by atoms with E-state index in [2.05, 4.69) is 4.98 Å². The SMILES string of the molecule is COC(=O)[C@H](Cc1c[nH]c2ccccc12)N1CCN(S(=O)(=O)c2ccccc2[N+](=O)[O-])[C@@H](Cc2ccccc2)C1=O. The normalized spacial score (nSPS) is 17.0. The van der Waals surface area contributed by atoms with Crippen molar-refractivity contribution in [3.05, 3.63) is 106 Å². The Labute approximate surface area is 236 Å². The molecule has 3 aromatic carbocycles. The van der Waals surface area contributed by atoms with E-state index in [0.717, 1.165) is 32.9 Å². The van der Waals surface area contributed by atoms with Gasteiger partial charge in [-0.3, -0.25) is 14.9 Å². The van der Waals surface area contributed by atoms with E-state index in [0.29, 0.717) is 5.56 Å². The number of aromatic nitrogens is 1. The van der Waals surface area contributed by atoms with E-state index in [9.17, 15) is 28.1 Å². The van der Waals surface area contributed by atoms with Gasteiger partial charge in [0.25, 0.3) is 15.7 Å². The first-order chi connectivity index (χ1) is 19.7. The number of nitro benzene ring substituents is 1. The van der Waals surface area contributed by atoms with Crippen molar-refractivity contribution in [3.8, 4) is 0 Å². The second-order valence-corrected chi connectivity index (χ2v) is 11.5. The molecule has 4 aromatic rings. The zero-order valence-electron chi connectivity index (χ0n) is 22.2. The summed E-state index contributed by atoms with van der Waals surface area (Å²) in [5, 5.41) is 12.6. The highest BCUT2D eigenvalue weighted by atomic mass is 32.2. The molecule has 212 valence electrons. The van der Waals surface area contributed by atoms with Crippen LogP contribution in [0.4, 0.5) is 5.69 Å². The summed E-state index contributed by atoms with van der Waals surface area (Å²) in [6, 6.07) is 19.3. The lowest BCUT2D eigenvalue weighted by atomic mass is 9.99. The lowest BCUT2D eigenvalue weighted by Gasteiger charge is -2.42. The van der Waals surface area contributed by atoms with Crippen molar-refractivity contribution in [2.45, 2.75) is 29.8 Å². The molecule has 2 heterocycles. The molecule has 0 unspecified atom stereocenters. The van der Waals surface area contributed by atoms with E-state index in [1.54, 1.807) is 36.5 Å². The third-order valence-corrected chi connectivity index (χ3v) is 9.29. The Morgan fingerprint density at radius 1 is 1.05 bits per heavy atom. The summed E-state index contributed by atoms with van der Waals surface area (Å²) < 4.78 is 33.9. The number of hydrogen-bond acceptors (Lipinski definition) is 7. The summed E-state index contributed by atoms with van der Waals surface area (Å²) in [5.41, 5.74) is 1.80. The number of nitro groups is 1. The van der Waals surface area contributed by atoms with Gasteiger partial charge in [0, 0.05) is 42.7 Å². The molecule has 5 rings (SSSR count). The zero-order valence-corrected chi connectivity index (χ0v) is 23.0. The van der Waals surface area contributed by atoms with Crippen LogP contribution in [0.5, 0.6) is 0 Å². The molecule has 1 N–H and O–H groups in total. The van der Waals surface area contributed by atoms with Gasteiger partial charge in [0.15, 0.2) is 4.90 Å². The molecule has 1 aliphatic rings. The van der Waals surface area contributed by atoms with Gasteiger partial charge in [-0.25, -0.2) is 13.2 Å². The summed E-state index contributed by atoms with van der Waals surface area (Å²) >= 11 is 0. The van der Waals surface area contributed by atoms with E-state index in [1.165, 1.54) is 24.1 Å². The Hall–Kier alpha value is -4.55. The van der Waals surface area contributed by atoms with Crippen molar-refractivity contribution in [2.24, 2.45) is 0 Å². The maximum absolute atomic E-state index is 14.2. The van der Waals surface area contributed by atoms with E-state index in [1.807, 2.05) is 24.3 Å². The van der Waals surface area contributed by atoms with Crippen molar-refractivity contribution in [1.29, 1.82) is 0 Å². The van der Waals surface area contributed by atoms with Crippen LogP contribution in [0, 0.1) is 10.1 Å². The van der Waals surface area contributed by atoms with Crippen LogP contribution < -0.4 is 0 Å². The number of carbonyl (C=O) groups excluding carboxylic acids is 2. The summed E-state index contributed by atoms with van der Waals surface area (Å²) in [7, 11) is -3.23. The molecule has 1 fully saturated rings. The van der Waals surface area contributed by atoms with Gasteiger partial charge in [0.2, 0.25) is 5.91 Å². The minimum atomic E-state index is -4.47. The summed E-state index contributed by atoms with van der Waals surface area (Å²) in [5.74, 6) is -1.21. The van der Waals surface area contributed by atoms with Crippen molar-refractivity contribution in [3.63, 3.8) is 0 Å². The highest BCUT2D eigenvalue weighted by molar-refractivity contribution is 7.89. The van der Waals surface area contributed by atoms with Crippen LogP contribution in [0.2, 0.25) is 0 Å².